The fourth-order valence-electron chi connectivity index (χ4n) is 3.41. The van der Waals surface area contributed by atoms with Gasteiger partial charge in [-0.3, -0.25) is 14.3 Å². The van der Waals surface area contributed by atoms with Crippen molar-refractivity contribution in [3.05, 3.63) is 76.1 Å². The standard InChI is InChI=1S/C22H23N3O3/c1-14-13-18(14)19-11-9-17(28-19)10-12-20(26)23-21-15(2)24(3)25(22(21)27)16-7-5-4-6-8-16/h4-12,14,18H,13H2,1-3H3,(H,23,26)/b12-10+. The van der Waals surface area contributed by atoms with Gasteiger partial charge in [-0.15, -0.1) is 0 Å². The fraction of sp³-hybridized carbons (Fsp3) is 0.273. The summed E-state index contributed by atoms with van der Waals surface area (Å²) in [5.74, 6) is 2.40. The van der Waals surface area contributed by atoms with Gasteiger partial charge in [0.1, 0.15) is 17.2 Å². The molecule has 0 saturated heterocycles. The van der Waals surface area contributed by atoms with Crippen molar-refractivity contribution in [2.45, 2.75) is 26.2 Å². The average molecular weight is 377 g/mol. The number of rotatable bonds is 5. The molecule has 0 spiro atoms. The first kappa shape index (κ1) is 18.1. The Morgan fingerprint density at radius 2 is 1.93 bits per heavy atom. The molecular weight excluding hydrogens is 354 g/mol. The highest BCUT2D eigenvalue weighted by Crippen LogP contribution is 2.47. The van der Waals surface area contributed by atoms with E-state index in [1.54, 1.807) is 24.7 Å². The van der Waals surface area contributed by atoms with Crippen molar-refractivity contribution in [3.63, 3.8) is 0 Å². The smallest absolute Gasteiger partial charge is 0.295 e. The number of anilines is 1. The fourth-order valence-corrected chi connectivity index (χ4v) is 3.41. The minimum atomic E-state index is -0.372. The van der Waals surface area contributed by atoms with Crippen molar-refractivity contribution >= 4 is 17.7 Å². The summed E-state index contributed by atoms with van der Waals surface area (Å²) < 4.78 is 9.03. The normalized spacial score (nSPS) is 18.5. The van der Waals surface area contributed by atoms with Crippen LogP contribution < -0.4 is 10.9 Å². The van der Waals surface area contributed by atoms with Gasteiger partial charge in [0.15, 0.2) is 0 Å². The summed E-state index contributed by atoms with van der Waals surface area (Å²) in [4.78, 5) is 25.2. The van der Waals surface area contributed by atoms with Gasteiger partial charge in [-0.05, 0) is 49.6 Å². The Bertz CT molecular complexity index is 1100. The molecule has 1 N–H and O–H groups in total. The van der Waals surface area contributed by atoms with Gasteiger partial charge in [0.2, 0.25) is 5.91 Å². The first-order valence-electron chi connectivity index (χ1n) is 9.38. The van der Waals surface area contributed by atoms with Crippen LogP contribution in [0.3, 0.4) is 0 Å². The monoisotopic (exact) mass is 377 g/mol. The third kappa shape index (κ3) is 3.33. The molecule has 2 atom stereocenters. The second-order valence-corrected chi connectivity index (χ2v) is 7.32. The van der Waals surface area contributed by atoms with Crippen LogP contribution in [0.2, 0.25) is 0 Å². The van der Waals surface area contributed by atoms with Gasteiger partial charge < -0.3 is 9.73 Å². The van der Waals surface area contributed by atoms with Gasteiger partial charge >= 0.3 is 0 Å². The summed E-state index contributed by atoms with van der Waals surface area (Å²) >= 11 is 0. The minimum absolute atomic E-state index is 0.268. The number of hydrogen-bond donors (Lipinski definition) is 1. The zero-order valence-corrected chi connectivity index (χ0v) is 16.2. The van der Waals surface area contributed by atoms with Crippen LogP contribution in [-0.2, 0) is 11.8 Å². The lowest BCUT2D eigenvalue weighted by molar-refractivity contribution is -0.111. The van der Waals surface area contributed by atoms with E-state index in [0.717, 1.165) is 17.9 Å². The summed E-state index contributed by atoms with van der Waals surface area (Å²) in [6.45, 7) is 4.00. The molecule has 0 bridgehead atoms. The lowest BCUT2D eigenvalue weighted by atomic mass is 10.3. The topological polar surface area (TPSA) is 69.2 Å². The van der Waals surface area contributed by atoms with E-state index < -0.39 is 0 Å². The summed E-state index contributed by atoms with van der Waals surface area (Å²) in [5, 5.41) is 2.71. The van der Waals surface area contributed by atoms with E-state index in [4.69, 9.17) is 4.42 Å². The molecule has 0 aliphatic heterocycles. The summed E-state index contributed by atoms with van der Waals surface area (Å²) in [5.41, 5.74) is 1.43. The maximum atomic E-state index is 12.8. The van der Waals surface area contributed by atoms with E-state index in [1.807, 2.05) is 42.5 Å². The van der Waals surface area contributed by atoms with Crippen LogP contribution in [-0.4, -0.2) is 15.3 Å². The minimum Gasteiger partial charge on any atom is -0.461 e. The largest absolute Gasteiger partial charge is 0.461 e. The maximum absolute atomic E-state index is 12.8. The molecule has 1 fully saturated rings. The highest BCUT2D eigenvalue weighted by molar-refractivity contribution is 6.02. The predicted molar refractivity (Wildman–Crippen MR) is 109 cm³/mol. The van der Waals surface area contributed by atoms with E-state index in [1.165, 1.54) is 10.8 Å². The molecule has 28 heavy (non-hydrogen) atoms. The Morgan fingerprint density at radius 1 is 1.21 bits per heavy atom. The van der Waals surface area contributed by atoms with Crippen LogP contribution in [0.1, 0.15) is 36.5 Å². The average Bonchev–Trinajstić information content (AvgIpc) is 3.16. The van der Waals surface area contributed by atoms with Crippen molar-refractivity contribution in [2.24, 2.45) is 13.0 Å². The first-order valence-corrected chi connectivity index (χ1v) is 9.38. The molecule has 1 aliphatic carbocycles. The number of amides is 1. The quantitative estimate of drug-likeness (QED) is 0.687. The number of carbonyl (C=O) groups excluding carboxylic acids is 1. The van der Waals surface area contributed by atoms with Crippen molar-refractivity contribution in [2.75, 3.05) is 5.32 Å². The number of nitrogens with zero attached hydrogens (tertiary/aromatic N) is 2. The number of furan rings is 1. The zero-order chi connectivity index (χ0) is 19.8. The lowest BCUT2D eigenvalue weighted by Crippen LogP contribution is -2.22. The number of carbonyl (C=O) groups is 1. The van der Waals surface area contributed by atoms with Crippen LogP contribution in [0, 0.1) is 12.8 Å². The molecule has 1 aromatic carbocycles. The van der Waals surface area contributed by atoms with Gasteiger partial charge in [-0.2, -0.15) is 0 Å². The molecule has 4 rings (SSSR count). The van der Waals surface area contributed by atoms with Crippen LogP contribution in [0.5, 0.6) is 0 Å². The van der Waals surface area contributed by atoms with Crippen molar-refractivity contribution in [3.8, 4) is 5.69 Å². The molecule has 1 amide bonds. The third-order valence-electron chi connectivity index (χ3n) is 5.32. The molecule has 1 saturated carbocycles. The van der Waals surface area contributed by atoms with Crippen LogP contribution in [0.25, 0.3) is 11.8 Å². The molecule has 144 valence electrons. The Balaban J connectivity index is 1.52. The molecule has 6 heteroatoms. The molecule has 3 aromatic rings. The molecule has 0 radical (unpaired) electrons. The zero-order valence-electron chi connectivity index (χ0n) is 16.2. The van der Waals surface area contributed by atoms with Crippen molar-refractivity contribution in [1.29, 1.82) is 0 Å². The summed E-state index contributed by atoms with van der Waals surface area (Å²) in [7, 11) is 1.79. The maximum Gasteiger partial charge on any atom is 0.295 e. The highest BCUT2D eigenvalue weighted by Gasteiger charge is 2.36. The van der Waals surface area contributed by atoms with E-state index in [-0.39, 0.29) is 17.2 Å². The SMILES string of the molecule is Cc1c(NC(=O)/C=C/c2ccc(C3CC3C)o2)c(=O)n(-c2ccccc2)n1C. The van der Waals surface area contributed by atoms with E-state index in [0.29, 0.717) is 23.3 Å². The van der Waals surface area contributed by atoms with Crippen molar-refractivity contribution < 1.29 is 9.21 Å². The van der Waals surface area contributed by atoms with Crippen LogP contribution in [0.15, 0.2) is 57.8 Å². The third-order valence-corrected chi connectivity index (χ3v) is 5.32. The molecule has 6 nitrogen and oxygen atoms in total. The molecule has 2 aromatic heterocycles. The van der Waals surface area contributed by atoms with Gasteiger partial charge in [0.25, 0.3) is 5.56 Å². The summed E-state index contributed by atoms with van der Waals surface area (Å²) in [6, 6.07) is 13.1. The highest BCUT2D eigenvalue weighted by atomic mass is 16.3. The molecule has 2 unspecified atom stereocenters. The number of benzene rings is 1. The second-order valence-electron chi connectivity index (χ2n) is 7.32. The number of nitrogens with one attached hydrogen (secondary N) is 1. The second kappa shape index (κ2) is 7.03. The Hall–Kier alpha value is -3.28. The van der Waals surface area contributed by atoms with Crippen LogP contribution >= 0.6 is 0 Å². The Kier molecular flexibility index (Phi) is 4.55. The van der Waals surface area contributed by atoms with Gasteiger partial charge in [0, 0.05) is 19.0 Å². The summed E-state index contributed by atoms with van der Waals surface area (Å²) in [6.07, 6.45) is 4.16. The van der Waals surface area contributed by atoms with Gasteiger partial charge in [-0.1, -0.05) is 25.1 Å². The molecule has 1 aliphatic rings. The Morgan fingerprint density at radius 3 is 2.61 bits per heavy atom. The molecule has 2 heterocycles. The van der Waals surface area contributed by atoms with Gasteiger partial charge in [0.05, 0.1) is 11.4 Å². The van der Waals surface area contributed by atoms with E-state index in [2.05, 4.69) is 12.2 Å². The van der Waals surface area contributed by atoms with E-state index in [9.17, 15) is 9.59 Å². The number of aromatic nitrogens is 2. The lowest BCUT2D eigenvalue weighted by Gasteiger charge is -2.07. The number of para-hydroxylation sites is 1. The van der Waals surface area contributed by atoms with E-state index >= 15 is 0 Å². The van der Waals surface area contributed by atoms with Gasteiger partial charge in [-0.25, -0.2) is 4.68 Å². The predicted octanol–water partition coefficient (Wildman–Crippen LogP) is 3.85. The Labute approximate surface area is 163 Å². The number of hydrogen-bond acceptors (Lipinski definition) is 3. The van der Waals surface area contributed by atoms with Crippen molar-refractivity contribution in [1.82, 2.24) is 9.36 Å². The first-order chi connectivity index (χ1) is 13.5. The molecular formula is C22H23N3O3. The van der Waals surface area contributed by atoms with Crippen LogP contribution in [0.4, 0.5) is 5.69 Å².